The maximum Gasteiger partial charge on any atom is 3.00 e. The molecule has 0 radical (unpaired) electrons. The molecule has 0 amide bonds. The van der Waals surface area contributed by atoms with E-state index < -0.39 is 53.2 Å². The number of alkyl halides is 9. The van der Waals surface area contributed by atoms with Gasteiger partial charge in [0.15, 0.2) is 17.3 Å². The van der Waals surface area contributed by atoms with Crippen molar-refractivity contribution in [1.29, 1.82) is 0 Å². The Morgan fingerprint density at radius 2 is 0.645 bits per heavy atom. The van der Waals surface area contributed by atoms with E-state index in [0.717, 1.165) is 20.8 Å². The van der Waals surface area contributed by atoms with Crippen LogP contribution in [0.4, 0.5) is 39.5 Å². The first kappa shape index (κ1) is 36.3. The third-order valence-corrected chi connectivity index (χ3v) is 1.84. The number of rotatable bonds is 3. The summed E-state index contributed by atoms with van der Waals surface area (Å²) in [5.41, 5.74) is 0. The Kier molecular flexibility index (Phi) is 17.3. The van der Waals surface area contributed by atoms with Gasteiger partial charge in [0.05, 0.1) is 0 Å². The van der Waals surface area contributed by atoms with Crippen LogP contribution in [0.25, 0.3) is 0 Å². The van der Waals surface area contributed by atoms with Crippen molar-refractivity contribution in [2.45, 2.75) is 39.3 Å². The van der Waals surface area contributed by atoms with Gasteiger partial charge < -0.3 is 15.3 Å². The van der Waals surface area contributed by atoms with Crippen LogP contribution >= 0.6 is 0 Å². The molecule has 0 saturated carbocycles. The standard InChI is InChI=1S/3C5H5F3O2.In/c3*1-3(9)2-4(10)5(6,7)8;/h3*2,10H,1H3;/q;;;+3/p-3/b3*4-2-;. The smallest absolute Gasteiger partial charge is 0.869 e. The summed E-state index contributed by atoms with van der Waals surface area (Å²) in [4.78, 5) is 29.8. The second kappa shape index (κ2) is 14.8. The molecule has 0 unspecified atom stereocenters. The predicted molar refractivity (Wildman–Crippen MR) is 80.2 cm³/mol. The molecule has 174 valence electrons. The van der Waals surface area contributed by atoms with Gasteiger partial charge in [-0.1, -0.05) is 0 Å². The fourth-order valence-corrected chi connectivity index (χ4v) is 0.799. The third-order valence-electron chi connectivity index (χ3n) is 1.84. The van der Waals surface area contributed by atoms with Crippen molar-refractivity contribution >= 4 is 43.2 Å². The van der Waals surface area contributed by atoms with Gasteiger partial charge in [-0.25, -0.2) is 0 Å². The molecule has 0 atom stereocenters. The maximum atomic E-state index is 11.3. The van der Waals surface area contributed by atoms with E-state index in [9.17, 15) is 69.2 Å². The fourth-order valence-electron chi connectivity index (χ4n) is 0.799. The topological polar surface area (TPSA) is 120 Å². The number of allylic oxidation sites excluding steroid dienone is 6. The fraction of sp³-hybridized carbons (Fsp3) is 0.400. The normalized spacial score (nSPS) is 13.0. The van der Waals surface area contributed by atoms with E-state index in [1.807, 2.05) is 0 Å². The van der Waals surface area contributed by atoms with Crippen LogP contribution < -0.4 is 15.3 Å². The molecule has 0 aromatic carbocycles. The van der Waals surface area contributed by atoms with Crippen LogP contribution in [0.5, 0.6) is 0 Å². The molecule has 0 bridgehead atoms. The Labute approximate surface area is 187 Å². The average molecular weight is 574 g/mol. The minimum atomic E-state index is -4.92. The van der Waals surface area contributed by atoms with Gasteiger partial charge in [-0.05, 0) is 56.3 Å². The molecule has 16 heteroatoms. The Balaban J connectivity index is -0.000000174. The van der Waals surface area contributed by atoms with Gasteiger partial charge >= 0.3 is 44.4 Å². The second-order valence-electron chi connectivity index (χ2n) is 4.85. The zero-order chi connectivity index (χ0) is 25.1. The maximum absolute atomic E-state index is 11.3. The van der Waals surface area contributed by atoms with Crippen LogP contribution in [0.15, 0.2) is 35.5 Å². The SMILES string of the molecule is CC(=O)/C=C(\[O-])C(F)(F)F.CC(=O)/C=C(\[O-])C(F)(F)F.CC(=O)/C=C(\[O-])C(F)(F)F.[In+3]. The summed E-state index contributed by atoms with van der Waals surface area (Å²) in [5.74, 6) is -9.04. The van der Waals surface area contributed by atoms with Gasteiger partial charge in [0.25, 0.3) is 0 Å². The van der Waals surface area contributed by atoms with Gasteiger partial charge in [-0.15, -0.1) is 0 Å². The Bertz CT molecular complexity index is 606. The van der Waals surface area contributed by atoms with E-state index in [0.29, 0.717) is 0 Å². The molecule has 31 heavy (non-hydrogen) atoms. The van der Waals surface area contributed by atoms with Crippen LogP contribution in [-0.4, -0.2) is 61.7 Å². The van der Waals surface area contributed by atoms with Gasteiger partial charge in [-0.2, -0.15) is 39.5 Å². The number of carbonyl (C=O) groups is 3. The summed E-state index contributed by atoms with van der Waals surface area (Å²) in [6.07, 6.45) is -14.7. The van der Waals surface area contributed by atoms with Crippen molar-refractivity contribution in [3.63, 3.8) is 0 Å². The molecule has 0 aromatic heterocycles. The van der Waals surface area contributed by atoms with Crippen LogP contribution in [0.1, 0.15) is 20.8 Å². The average Bonchev–Trinajstić information content (AvgIpc) is 2.43. The van der Waals surface area contributed by atoms with Crippen molar-refractivity contribution in [2.24, 2.45) is 0 Å². The number of hydrogen-bond donors (Lipinski definition) is 0. The zero-order valence-electron chi connectivity index (χ0n) is 15.7. The molecule has 0 aliphatic carbocycles. The molecule has 0 heterocycles. The Morgan fingerprint density at radius 3 is 0.677 bits per heavy atom. The third kappa shape index (κ3) is 24.0. The summed E-state index contributed by atoms with van der Waals surface area (Å²) >= 11 is 0. The molecule has 0 aliphatic heterocycles. The van der Waals surface area contributed by atoms with Crippen molar-refractivity contribution in [3.05, 3.63) is 35.5 Å². The van der Waals surface area contributed by atoms with Crippen molar-refractivity contribution in [3.8, 4) is 0 Å². The first-order valence-corrected chi connectivity index (χ1v) is 6.91. The largest absolute Gasteiger partial charge is 3.00 e. The number of ketones is 3. The molecule has 0 spiro atoms. The molecular weight excluding hydrogens is 562 g/mol. The summed E-state index contributed by atoms with van der Waals surface area (Å²) in [6, 6.07) is 0. The molecule has 0 fully saturated rings. The van der Waals surface area contributed by atoms with Crippen molar-refractivity contribution in [1.82, 2.24) is 0 Å². The molecular formula is C15H12F9InO6. The van der Waals surface area contributed by atoms with Crippen molar-refractivity contribution < 1.29 is 69.2 Å². The molecule has 0 saturated heterocycles. The second-order valence-corrected chi connectivity index (χ2v) is 4.85. The number of hydrogen-bond acceptors (Lipinski definition) is 6. The van der Waals surface area contributed by atoms with Crippen LogP contribution in [-0.2, 0) is 14.4 Å². The molecule has 6 nitrogen and oxygen atoms in total. The van der Waals surface area contributed by atoms with Crippen LogP contribution in [0.3, 0.4) is 0 Å². The van der Waals surface area contributed by atoms with Crippen LogP contribution in [0, 0.1) is 0 Å². The predicted octanol–water partition coefficient (Wildman–Crippen LogP) is 0.765. The first-order valence-electron chi connectivity index (χ1n) is 6.91. The number of halogens is 9. The molecule has 0 rings (SSSR count). The quantitative estimate of drug-likeness (QED) is 0.279. The van der Waals surface area contributed by atoms with E-state index in [1.165, 1.54) is 0 Å². The first-order chi connectivity index (χ1) is 13.0. The van der Waals surface area contributed by atoms with E-state index in [1.54, 1.807) is 0 Å². The molecule has 0 aliphatic rings. The van der Waals surface area contributed by atoms with Crippen LogP contribution in [0.2, 0.25) is 0 Å². The van der Waals surface area contributed by atoms with E-state index >= 15 is 0 Å². The van der Waals surface area contributed by atoms with E-state index in [4.69, 9.17) is 0 Å². The minimum Gasteiger partial charge on any atom is -0.869 e. The molecule has 0 N–H and O–H groups in total. The van der Waals surface area contributed by atoms with Gasteiger partial charge in [-0.3, -0.25) is 14.4 Å². The summed E-state index contributed by atoms with van der Waals surface area (Å²) in [5, 5.41) is 29.6. The molecule has 0 aromatic rings. The van der Waals surface area contributed by atoms with Crippen molar-refractivity contribution in [2.75, 3.05) is 0 Å². The van der Waals surface area contributed by atoms with Gasteiger partial charge in [0, 0.05) is 0 Å². The summed E-state index contributed by atoms with van der Waals surface area (Å²) in [6.45, 7) is 2.64. The van der Waals surface area contributed by atoms with Gasteiger partial charge in [0.2, 0.25) is 0 Å². The Hall–Kier alpha value is -2.13. The summed E-state index contributed by atoms with van der Waals surface area (Å²) in [7, 11) is 0. The van der Waals surface area contributed by atoms with E-state index in [2.05, 4.69) is 0 Å². The monoisotopic (exact) mass is 574 g/mol. The Morgan fingerprint density at radius 1 is 0.516 bits per heavy atom. The summed E-state index contributed by atoms with van der Waals surface area (Å²) < 4.78 is 101. The van der Waals surface area contributed by atoms with Gasteiger partial charge in [0.1, 0.15) is 0 Å². The zero-order valence-corrected chi connectivity index (χ0v) is 19.0. The minimum absolute atomic E-state index is 0. The van der Waals surface area contributed by atoms with E-state index in [-0.39, 0.29) is 44.1 Å². The number of carbonyl (C=O) groups excluding carboxylic acids is 3.